The van der Waals surface area contributed by atoms with Gasteiger partial charge in [-0.3, -0.25) is 9.69 Å². The lowest BCUT2D eigenvalue weighted by molar-refractivity contribution is -0.117. The molecule has 1 amide bonds. The standard InChI is InChI=1S/C19H22IN3O/c1-15-6-2-5-9-18(15)23-12-10-22(11-13-23)14-19(24)21-17-8-4-3-7-16(17)20/h2-9H,10-14H2,1H3,(H,21,24). The number of hydrogen-bond donors (Lipinski definition) is 1. The largest absolute Gasteiger partial charge is 0.369 e. The van der Waals surface area contributed by atoms with Gasteiger partial charge in [-0.05, 0) is 53.3 Å². The summed E-state index contributed by atoms with van der Waals surface area (Å²) in [6, 6.07) is 16.3. The molecule has 1 saturated heterocycles. The van der Waals surface area contributed by atoms with Crippen LogP contribution in [0.4, 0.5) is 11.4 Å². The van der Waals surface area contributed by atoms with E-state index in [1.807, 2.05) is 24.3 Å². The first-order valence-corrected chi connectivity index (χ1v) is 9.28. The highest BCUT2D eigenvalue weighted by Gasteiger charge is 2.20. The highest BCUT2D eigenvalue weighted by Crippen LogP contribution is 2.21. The molecule has 2 aromatic rings. The number of rotatable bonds is 4. The van der Waals surface area contributed by atoms with E-state index in [1.165, 1.54) is 11.3 Å². The topological polar surface area (TPSA) is 35.6 Å². The van der Waals surface area contributed by atoms with Crippen LogP contribution in [0.15, 0.2) is 48.5 Å². The highest BCUT2D eigenvalue weighted by molar-refractivity contribution is 14.1. The number of halogens is 1. The molecular weight excluding hydrogens is 413 g/mol. The number of aryl methyl sites for hydroxylation is 1. The van der Waals surface area contributed by atoms with E-state index in [2.05, 4.69) is 68.9 Å². The number of amides is 1. The maximum Gasteiger partial charge on any atom is 0.238 e. The fourth-order valence-electron chi connectivity index (χ4n) is 3.02. The Morgan fingerprint density at radius 2 is 1.71 bits per heavy atom. The molecule has 0 atom stereocenters. The van der Waals surface area contributed by atoms with Crippen LogP contribution in [0.25, 0.3) is 0 Å². The normalized spacial score (nSPS) is 15.3. The summed E-state index contributed by atoms with van der Waals surface area (Å²) in [7, 11) is 0. The van der Waals surface area contributed by atoms with E-state index in [0.29, 0.717) is 6.54 Å². The molecule has 3 rings (SSSR count). The monoisotopic (exact) mass is 435 g/mol. The van der Waals surface area contributed by atoms with Gasteiger partial charge in [0.05, 0.1) is 12.2 Å². The van der Waals surface area contributed by atoms with E-state index in [-0.39, 0.29) is 5.91 Å². The minimum absolute atomic E-state index is 0.0588. The summed E-state index contributed by atoms with van der Waals surface area (Å²) in [4.78, 5) is 16.9. The van der Waals surface area contributed by atoms with Crippen molar-refractivity contribution in [3.8, 4) is 0 Å². The maximum atomic E-state index is 12.3. The third-order valence-electron chi connectivity index (χ3n) is 4.34. The van der Waals surface area contributed by atoms with E-state index < -0.39 is 0 Å². The molecule has 1 aliphatic rings. The molecule has 0 aromatic heterocycles. The van der Waals surface area contributed by atoms with Crippen molar-refractivity contribution in [3.05, 3.63) is 57.7 Å². The Morgan fingerprint density at radius 1 is 1.04 bits per heavy atom. The summed E-state index contributed by atoms with van der Waals surface area (Å²) in [5.74, 6) is 0.0588. The summed E-state index contributed by atoms with van der Waals surface area (Å²) in [6.07, 6.45) is 0. The van der Waals surface area contributed by atoms with Crippen molar-refractivity contribution in [3.63, 3.8) is 0 Å². The molecule has 0 aliphatic carbocycles. The van der Waals surface area contributed by atoms with Gasteiger partial charge in [0.15, 0.2) is 0 Å². The molecular formula is C19H22IN3O. The molecule has 126 valence electrons. The second-order valence-electron chi connectivity index (χ2n) is 6.08. The number of anilines is 2. The van der Waals surface area contributed by atoms with Gasteiger partial charge in [-0.1, -0.05) is 30.3 Å². The molecule has 1 fully saturated rings. The van der Waals surface area contributed by atoms with E-state index in [0.717, 1.165) is 35.4 Å². The summed E-state index contributed by atoms with van der Waals surface area (Å²) in [6.45, 7) is 6.34. The van der Waals surface area contributed by atoms with Crippen LogP contribution in [0.2, 0.25) is 0 Å². The molecule has 1 N–H and O–H groups in total. The quantitative estimate of drug-likeness (QED) is 0.749. The van der Waals surface area contributed by atoms with Crippen LogP contribution in [-0.4, -0.2) is 43.5 Å². The zero-order valence-corrected chi connectivity index (χ0v) is 16.0. The second kappa shape index (κ2) is 7.98. The van der Waals surface area contributed by atoms with Crippen LogP contribution >= 0.6 is 22.6 Å². The first-order chi connectivity index (χ1) is 11.6. The van der Waals surface area contributed by atoms with Gasteiger partial charge in [0.25, 0.3) is 0 Å². The average molecular weight is 435 g/mol. The Bertz CT molecular complexity index is 711. The van der Waals surface area contributed by atoms with Crippen LogP contribution < -0.4 is 10.2 Å². The Hall–Kier alpha value is -1.60. The van der Waals surface area contributed by atoms with Crippen molar-refractivity contribution >= 4 is 39.9 Å². The number of benzene rings is 2. The SMILES string of the molecule is Cc1ccccc1N1CCN(CC(=O)Nc2ccccc2I)CC1. The summed E-state index contributed by atoms with van der Waals surface area (Å²) < 4.78 is 1.06. The number of carbonyl (C=O) groups excluding carboxylic acids is 1. The first-order valence-electron chi connectivity index (χ1n) is 8.21. The zero-order chi connectivity index (χ0) is 16.9. The van der Waals surface area contributed by atoms with Gasteiger partial charge in [-0.2, -0.15) is 0 Å². The Morgan fingerprint density at radius 3 is 2.42 bits per heavy atom. The molecule has 0 saturated carbocycles. The lowest BCUT2D eigenvalue weighted by Gasteiger charge is -2.36. The second-order valence-corrected chi connectivity index (χ2v) is 7.24. The van der Waals surface area contributed by atoms with Gasteiger partial charge in [0.2, 0.25) is 5.91 Å². The van der Waals surface area contributed by atoms with E-state index in [9.17, 15) is 4.79 Å². The van der Waals surface area contributed by atoms with Crippen molar-refractivity contribution in [1.29, 1.82) is 0 Å². The minimum atomic E-state index is 0.0588. The third-order valence-corrected chi connectivity index (χ3v) is 5.28. The predicted octanol–water partition coefficient (Wildman–Crippen LogP) is 3.36. The fourth-order valence-corrected chi connectivity index (χ4v) is 3.54. The summed E-state index contributed by atoms with van der Waals surface area (Å²) in [5, 5.41) is 3.01. The van der Waals surface area contributed by atoms with Gasteiger partial charge in [0.1, 0.15) is 0 Å². The van der Waals surface area contributed by atoms with Gasteiger partial charge in [-0.15, -0.1) is 0 Å². The van der Waals surface area contributed by atoms with Crippen LogP contribution in [-0.2, 0) is 4.79 Å². The van der Waals surface area contributed by atoms with Crippen molar-refractivity contribution in [2.45, 2.75) is 6.92 Å². The van der Waals surface area contributed by atoms with Crippen LogP contribution in [0, 0.1) is 10.5 Å². The Kier molecular flexibility index (Phi) is 5.73. The fraction of sp³-hybridized carbons (Fsp3) is 0.316. The van der Waals surface area contributed by atoms with E-state index >= 15 is 0 Å². The molecule has 1 aliphatic heterocycles. The average Bonchev–Trinajstić information content (AvgIpc) is 2.58. The lowest BCUT2D eigenvalue weighted by atomic mass is 10.1. The summed E-state index contributed by atoms with van der Waals surface area (Å²) in [5.41, 5.74) is 3.50. The third kappa shape index (κ3) is 4.27. The number of nitrogens with zero attached hydrogens (tertiary/aromatic N) is 2. The molecule has 24 heavy (non-hydrogen) atoms. The number of para-hydroxylation sites is 2. The van der Waals surface area contributed by atoms with E-state index in [4.69, 9.17) is 0 Å². The number of carbonyl (C=O) groups is 1. The number of hydrogen-bond acceptors (Lipinski definition) is 3. The first kappa shape index (κ1) is 17.2. The molecule has 0 radical (unpaired) electrons. The molecule has 4 nitrogen and oxygen atoms in total. The maximum absolute atomic E-state index is 12.3. The lowest BCUT2D eigenvalue weighted by Crippen LogP contribution is -2.48. The Labute approximate surface area is 157 Å². The van der Waals surface area contributed by atoms with Crippen molar-refractivity contribution in [2.75, 3.05) is 42.9 Å². The summed E-state index contributed by atoms with van der Waals surface area (Å²) >= 11 is 2.24. The van der Waals surface area contributed by atoms with Crippen molar-refractivity contribution in [1.82, 2.24) is 4.90 Å². The van der Waals surface area contributed by atoms with Gasteiger partial charge in [0, 0.05) is 35.4 Å². The van der Waals surface area contributed by atoms with Crippen LogP contribution in [0.1, 0.15) is 5.56 Å². The molecule has 5 heteroatoms. The van der Waals surface area contributed by atoms with Gasteiger partial charge in [-0.25, -0.2) is 0 Å². The molecule has 0 bridgehead atoms. The molecule has 1 heterocycles. The smallest absolute Gasteiger partial charge is 0.238 e. The molecule has 2 aromatic carbocycles. The van der Waals surface area contributed by atoms with Crippen molar-refractivity contribution < 1.29 is 4.79 Å². The number of piperazine rings is 1. The number of nitrogens with one attached hydrogen (secondary N) is 1. The van der Waals surface area contributed by atoms with Gasteiger partial charge >= 0.3 is 0 Å². The molecule has 0 unspecified atom stereocenters. The van der Waals surface area contributed by atoms with E-state index in [1.54, 1.807) is 0 Å². The van der Waals surface area contributed by atoms with Crippen LogP contribution in [0.3, 0.4) is 0 Å². The highest BCUT2D eigenvalue weighted by atomic mass is 127. The zero-order valence-electron chi connectivity index (χ0n) is 13.8. The van der Waals surface area contributed by atoms with Crippen LogP contribution in [0.5, 0.6) is 0 Å². The Balaban J connectivity index is 1.51. The minimum Gasteiger partial charge on any atom is -0.369 e. The predicted molar refractivity (Wildman–Crippen MR) is 108 cm³/mol. The van der Waals surface area contributed by atoms with Crippen molar-refractivity contribution in [2.24, 2.45) is 0 Å². The molecule has 0 spiro atoms. The van der Waals surface area contributed by atoms with Gasteiger partial charge < -0.3 is 10.2 Å².